The standard InChI is InChI=1S/C14H13BrF2NO2.Y/c1-8-2-5-12(18(14(8)20)7-13(16)17)10-4-3-9(19)6-11(10)15;/h3-4,6,8,13,19H,2,7H2,1H3;/q-1;. The Morgan fingerprint density at radius 3 is 2.76 bits per heavy atom. The number of halogens is 3. The molecule has 0 bridgehead atoms. The van der Waals surface area contributed by atoms with Gasteiger partial charge in [-0.05, 0) is 12.1 Å². The molecule has 21 heavy (non-hydrogen) atoms. The van der Waals surface area contributed by atoms with Crippen LogP contribution in [0.3, 0.4) is 0 Å². The Balaban J connectivity index is 0.00000220. The van der Waals surface area contributed by atoms with E-state index in [9.17, 15) is 18.7 Å². The summed E-state index contributed by atoms with van der Waals surface area (Å²) in [6, 6.07) is 4.47. The van der Waals surface area contributed by atoms with Crippen LogP contribution in [0.5, 0.6) is 5.75 Å². The Hall–Kier alpha value is -0.326. The van der Waals surface area contributed by atoms with Crippen LogP contribution in [0, 0.1) is 12.0 Å². The van der Waals surface area contributed by atoms with Crippen LogP contribution in [0.1, 0.15) is 18.9 Å². The second kappa shape index (κ2) is 7.79. The quantitative estimate of drug-likeness (QED) is 0.742. The normalized spacial score (nSPS) is 18.5. The minimum Gasteiger partial charge on any atom is -0.508 e. The van der Waals surface area contributed by atoms with E-state index < -0.39 is 13.0 Å². The van der Waals surface area contributed by atoms with Gasteiger partial charge in [0.05, 0.1) is 6.54 Å². The van der Waals surface area contributed by atoms with Crippen LogP contribution in [0.2, 0.25) is 0 Å². The average molecular weight is 434 g/mol. The van der Waals surface area contributed by atoms with Crippen molar-refractivity contribution in [2.45, 2.75) is 19.8 Å². The Bertz CT molecular complexity index is 566. The van der Waals surface area contributed by atoms with Gasteiger partial charge in [0.2, 0.25) is 5.91 Å². The van der Waals surface area contributed by atoms with Crippen molar-refractivity contribution >= 4 is 27.5 Å². The van der Waals surface area contributed by atoms with Gasteiger partial charge in [0.1, 0.15) is 5.75 Å². The maximum atomic E-state index is 12.7. The molecule has 3 nitrogen and oxygen atoms in total. The molecule has 0 fully saturated rings. The fraction of sp³-hybridized carbons (Fsp3) is 0.357. The molecule has 1 aromatic carbocycles. The monoisotopic (exact) mass is 433 g/mol. The second-order valence-corrected chi connectivity index (χ2v) is 5.49. The third-order valence-electron chi connectivity index (χ3n) is 3.06. The predicted molar refractivity (Wildman–Crippen MR) is 74.0 cm³/mol. The van der Waals surface area contributed by atoms with Gasteiger partial charge in [0.25, 0.3) is 6.43 Å². The van der Waals surface area contributed by atoms with E-state index in [0.29, 0.717) is 22.2 Å². The van der Waals surface area contributed by atoms with Crippen molar-refractivity contribution < 1.29 is 51.4 Å². The van der Waals surface area contributed by atoms with Gasteiger partial charge in [0, 0.05) is 38.6 Å². The summed E-state index contributed by atoms with van der Waals surface area (Å²) >= 11 is 3.27. The van der Waals surface area contributed by atoms with Crippen molar-refractivity contribution in [3.8, 4) is 5.75 Å². The Kier molecular flexibility index (Phi) is 6.95. The number of alkyl halides is 2. The number of hydrogen-bond acceptors (Lipinski definition) is 2. The molecule has 0 saturated carbocycles. The molecular weight excluding hydrogens is 421 g/mol. The van der Waals surface area contributed by atoms with Gasteiger partial charge in [-0.25, -0.2) is 14.9 Å². The summed E-state index contributed by atoms with van der Waals surface area (Å²) in [5.41, 5.74) is 0.893. The zero-order chi connectivity index (χ0) is 14.9. The Morgan fingerprint density at radius 1 is 1.52 bits per heavy atom. The number of phenols is 1. The van der Waals surface area contributed by atoms with Gasteiger partial charge >= 0.3 is 0 Å². The number of hydrogen-bond donors (Lipinski definition) is 1. The third kappa shape index (κ3) is 4.33. The van der Waals surface area contributed by atoms with E-state index in [1.54, 1.807) is 13.0 Å². The van der Waals surface area contributed by atoms with Crippen LogP contribution in [0.15, 0.2) is 22.7 Å². The number of benzene rings is 1. The first kappa shape index (κ1) is 18.7. The first-order valence-corrected chi connectivity index (χ1v) is 6.88. The van der Waals surface area contributed by atoms with Crippen molar-refractivity contribution in [3.63, 3.8) is 0 Å². The van der Waals surface area contributed by atoms with Gasteiger partial charge in [-0.1, -0.05) is 33.7 Å². The van der Waals surface area contributed by atoms with E-state index in [2.05, 4.69) is 22.0 Å². The summed E-state index contributed by atoms with van der Waals surface area (Å²) in [7, 11) is 0. The predicted octanol–water partition coefficient (Wildman–Crippen LogP) is 3.43. The van der Waals surface area contributed by atoms with Crippen LogP contribution < -0.4 is 0 Å². The molecule has 1 aliphatic rings. The number of phenolic OH excluding ortho intramolecular Hbond substituents is 1. The number of amides is 1. The number of aromatic hydroxyl groups is 1. The summed E-state index contributed by atoms with van der Waals surface area (Å²) in [6.45, 7) is 1.04. The van der Waals surface area contributed by atoms with Crippen molar-refractivity contribution in [1.29, 1.82) is 0 Å². The summed E-state index contributed by atoms with van der Waals surface area (Å²) in [4.78, 5) is 13.2. The van der Waals surface area contributed by atoms with E-state index in [-0.39, 0.29) is 50.3 Å². The SMILES string of the molecule is CC1C[C-]=C(c2ccc(O)cc2Br)N(CC(F)F)C1=O.[Y]. The number of nitrogens with zero attached hydrogens (tertiary/aromatic N) is 1. The Morgan fingerprint density at radius 2 is 2.19 bits per heavy atom. The number of allylic oxidation sites excluding steroid dienone is 1. The van der Waals surface area contributed by atoms with Crippen molar-refractivity contribution in [2.24, 2.45) is 5.92 Å². The van der Waals surface area contributed by atoms with E-state index in [1.807, 2.05) is 0 Å². The van der Waals surface area contributed by atoms with Gasteiger partial charge in [-0.2, -0.15) is 0 Å². The fourth-order valence-electron chi connectivity index (χ4n) is 2.06. The number of carbonyl (C=O) groups is 1. The van der Waals surface area contributed by atoms with Crippen molar-refractivity contribution in [1.82, 2.24) is 4.90 Å². The van der Waals surface area contributed by atoms with Crippen LogP contribution in [0.4, 0.5) is 8.78 Å². The zero-order valence-corrected chi connectivity index (χ0v) is 15.7. The van der Waals surface area contributed by atoms with E-state index in [1.165, 1.54) is 12.1 Å². The topological polar surface area (TPSA) is 40.5 Å². The summed E-state index contributed by atoms with van der Waals surface area (Å²) in [5, 5.41) is 9.38. The molecule has 1 atom stereocenters. The molecule has 111 valence electrons. The van der Waals surface area contributed by atoms with Crippen molar-refractivity contribution in [2.75, 3.05) is 6.54 Å². The molecule has 2 rings (SSSR count). The number of carbonyl (C=O) groups excluding carboxylic acids is 1. The maximum absolute atomic E-state index is 12.7. The molecule has 0 spiro atoms. The first-order chi connectivity index (χ1) is 9.40. The molecule has 0 saturated heterocycles. The van der Waals surface area contributed by atoms with E-state index in [4.69, 9.17) is 0 Å². The molecule has 7 heteroatoms. The molecule has 1 N–H and O–H groups in total. The minimum absolute atomic E-state index is 0. The molecule has 1 aliphatic heterocycles. The first-order valence-electron chi connectivity index (χ1n) is 6.09. The Labute approximate surface area is 155 Å². The maximum Gasteiger partial charge on any atom is 0.256 e. The van der Waals surface area contributed by atoms with Gasteiger partial charge < -0.3 is 10.0 Å². The van der Waals surface area contributed by atoms with Gasteiger partial charge in [-0.3, -0.25) is 4.79 Å². The molecule has 0 aliphatic carbocycles. The molecule has 1 amide bonds. The summed E-state index contributed by atoms with van der Waals surface area (Å²) in [5.74, 6) is -0.635. The minimum atomic E-state index is -2.61. The molecule has 1 unspecified atom stereocenters. The largest absolute Gasteiger partial charge is 0.508 e. The molecule has 0 aromatic heterocycles. The van der Waals surface area contributed by atoms with E-state index in [0.717, 1.165) is 4.90 Å². The average Bonchev–Trinajstić information content (AvgIpc) is 2.36. The molecular formula is C14H13BrF2NO2Y-. The van der Waals surface area contributed by atoms with Crippen LogP contribution in [0.25, 0.3) is 5.70 Å². The summed E-state index contributed by atoms with van der Waals surface area (Å²) in [6.07, 6.45) is 0.784. The second-order valence-electron chi connectivity index (χ2n) is 4.63. The van der Waals surface area contributed by atoms with Gasteiger partial charge in [-0.15, -0.1) is 17.3 Å². The molecule has 1 heterocycles. The fourth-order valence-corrected chi connectivity index (χ4v) is 2.62. The van der Waals surface area contributed by atoms with E-state index >= 15 is 0 Å². The summed E-state index contributed by atoms with van der Waals surface area (Å²) < 4.78 is 25.9. The van der Waals surface area contributed by atoms with Crippen LogP contribution in [-0.4, -0.2) is 28.9 Å². The molecule has 1 radical (unpaired) electrons. The third-order valence-corrected chi connectivity index (χ3v) is 3.72. The van der Waals surface area contributed by atoms with Crippen LogP contribution >= 0.6 is 15.9 Å². The molecule has 1 aromatic rings. The van der Waals surface area contributed by atoms with Gasteiger partial charge in [0.15, 0.2) is 0 Å². The zero-order valence-electron chi connectivity index (χ0n) is 11.3. The number of rotatable bonds is 3. The van der Waals surface area contributed by atoms with Crippen LogP contribution in [-0.2, 0) is 37.5 Å². The smallest absolute Gasteiger partial charge is 0.256 e. The van der Waals surface area contributed by atoms with Crippen molar-refractivity contribution in [3.05, 3.63) is 34.3 Å².